The summed E-state index contributed by atoms with van der Waals surface area (Å²) in [7, 11) is -0.242. The molecule has 0 fully saturated rings. The Morgan fingerprint density at radius 3 is 2.61 bits per heavy atom. The topological polar surface area (TPSA) is 73.9 Å². The van der Waals surface area contributed by atoms with Crippen molar-refractivity contribution in [3.8, 4) is 17.2 Å². The molecule has 0 bridgehead atoms. The van der Waals surface area contributed by atoms with Gasteiger partial charge in [-0.1, -0.05) is 0 Å². The minimum Gasteiger partial charge on any atom is -0.493 e. The summed E-state index contributed by atoms with van der Waals surface area (Å²) in [4.78, 5) is 0. The second-order valence-corrected chi connectivity index (χ2v) is 5.75. The fourth-order valence-corrected chi connectivity index (χ4v) is 2.66. The molecule has 0 saturated carbocycles. The number of hydrogen-bond acceptors (Lipinski definition) is 5. The third-order valence-corrected chi connectivity index (χ3v) is 3.37. The molecule has 7 heteroatoms. The van der Waals surface area contributed by atoms with Gasteiger partial charge >= 0.3 is 0 Å². The van der Waals surface area contributed by atoms with Crippen molar-refractivity contribution in [2.75, 3.05) is 27.1 Å². The highest BCUT2D eigenvalue weighted by Crippen LogP contribution is 2.45. The van der Waals surface area contributed by atoms with E-state index in [1.54, 1.807) is 12.1 Å². The van der Waals surface area contributed by atoms with E-state index in [2.05, 4.69) is 4.72 Å². The monoisotopic (exact) mass is 273 g/mol. The molecular formula is C11H15NO5S. The van der Waals surface area contributed by atoms with E-state index in [0.29, 0.717) is 17.2 Å². The number of benzene rings is 1. The molecule has 0 amide bonds. The molecule has 0 spiro atoms. The second-order valence-electron chi connectivity index (χ2n) is 3.97. The van der Waals surface area contributed by atoms with Gasteiger partial charge in [-0.2, -0.15) is 0 Å². The van der Waals surface area contributed by atoms with Gasteiger partial charge in [0.05, 0.1) is 26.5 Å². The van der Waals surface area contributed by atoms with Crippen LogP contribution in [0.5, 0.6) is 17.2 Å². The van der Waals surface area contributed by atoms with Crippen molar-refractivity contribution in [3.05, 3.63) is 17.7 Å². The number of rotatable bonds is 4. The normalized spacial score (nSPS) is 18.1. The molecule has 0 radical (unpaired) electrons. The molecule has 0 aromatic heterocycles. The van der Waals surface area contributed by atoms with E-state index in [1.807, 2.05) is 0 Å². The van der Waals surface area contributed by atoms with E-state index < -0.39 is 16.1 Å². The molecule has 1 atom stereocenters. The SMILES string of the molecule is COc1ccc2c(c1OC)OCC2NS(C)(=O)=O. The Balaban J connectivity index is 2.40. The van der Waals surface area contributed by atoms with E-state index in [0.717, 1.165) is 11.8 Å². The van der Waals surface area contributed by atoms with Crippen LogP contribution < -0.4 is 18.9 Å². The van der Waals surface area contributed by atoms with Crippen LogP contribution in [0.2, 0.25) is 0 Å². The average molecular weight is 273 g/mol. The smallest absolute Gasteiger partial charge is 0.209 e. The maximum Gasteiger partial charge on any atom is 0.209 e. The first-order valence-corrected chi connectivity index (χ1v) is 7.20. The third-order valence-electron chi connectivity index (χ3n) is 2.66. The fourth-order valence-electron chi connectivity index (χ4n) is 1.95. The standard InChI is InChI=1S/C11H15NO5S/c1-15-9-5-4-7-8(12-18(3,13)14)6-17-10(7)11(9)16-2/h4-5,8,12H,6H2,1-3H3. The molecule has 2 rings (SSSR count). The lowest BCUT2D eigenvalue weighted by Gasteiger charge is -2.12. The molecule has 6 nitrogen and oxygen atoms in total. The maximum atomic E-state index is 11.3. The number of fused-ring (bicyclic) bond motifs is 1. The Morgan fingerprint density at radius 1 is 1.33 bits per heavy atom. The molecule has 1 unspecified atom stereocenters. The summed E-state index contributed by atoms with van der Waals surface area (Å²) in [5.74, 6) is 1.56. The van der Waals surface area contributed by atoms with Gasteiger partial charge in [-0.05, 0) is 12.1 Å². The first-order chi connectivity index (χ1) is 8.46. The highest BCUT2D eigenvalue weighted by atomic mass is 32.2. The number of nitrogens with one attached hydrogen (secondary N) is 1. The minimum absolute atomic E-state index is 0.242. The predicted octanol–water partition coefficient (Wildman–Crippen LogP) is 0.686. The zero-order valence-corrected chi connectivity index (χ0v) is 11.2. The van der Waals surface area contributed by atoms with Gasteiger partial charge in [-0.3, -0.25) is 0 Å². The van der Waals surface area contributed by atoms with Crippen LogP contribution in [0, 0.1) is 0 Å². The quantitative estimate of drug-likeness (QED) is 0.873. The molecule has 0 saturated heterocycles. The number of ether oxygens (including phenoxy) is 3. The van der Waals surface area contributed by atoms with Gasteiger partial charge in [0.15, 0.2) is 11.5 Å². The van der Waals surface area contributed by atoms with E-state index >= 15 is 0 Å². The van der Waals surface area contributed by atoms with Gasteiger partial charge in [-0.15, -0.1) is 0 Å². The van der Waals surface area contributed by atoms with E-state index in [4.69, 9.17) is 14.2 Å². The average Bonchev–Trinajstić information content (AvgIpc) is 2.69. The van der Waals surface area contributed by atoms with E-state index in [-0.39, 0.29) is 6.61 Å². The second kappa shape index (κ2) is 4.66. The van der Waals surface area contributed by atoms with Crippen LogP contribution in [0.15, 0.2) is 12.1 Å². The Labute approximate surface area is 106 Å². The number of hydrogen-bond donors (Lipinski definition) is 1. The summed E-state index contributed by atoms with van der Waals surface area (Å²) in [5.41, 5.74) is 0.748. The Bertz CT molecular complexity index is 555. The van der Waals surface area contributed by atoms with Gasteiger partial charge in [0.2, 0.25) is 15.8 Å². The van der Waals surface area contributed by atoms with Gasteiger partial charge in [0.25, 0.3) is 0 Å². The van der Waals surface area contributed by atoms with Gasteiger partial charge in [-0.25, -0.2) is 13.1 Å². The molecule has 100 valence electrons. The summed E-state index contributed by atoms with van der Waals surface area (Å²) in [5, 5.41) is 0. The molecule has 0 aliphatic carbocycles. The van der Waals surface area contributed by atoms with Crippen LogP contribution in [0.1, 0.15) is 11.6 Å². The van der Waals surface area contributed by atoms with Crippen molar-refractivity contribution in [2.45, 2.75) is 6.04 Å². The van der Waals surface area contributed by atoms with Crippen molar-refractivity contribution in [2.24, 2.45) is 0 Å². The summed E-state index contributed by atoms with van der Waals surface area (Å²) >= 11 is 0. The maximum absolute atomic E-state index is 11.3. The number of methoxy groups -OCH3 is 2. The summed E-state index contributed by atoms with van der Waals surface area (Å²) < 4.78 is 40.9. The molecule has 18 heavy (non-hydrogen) atoms. The first-order valence-electron chi connectivity index (χ1n) is 5.31. The molecule has 1 aromatic carbocycles. The van der Waals surface area contributed by atoms with Crippen molar-refractivity contribution >= 4 is 10.0 Å². The largest absolute Gasteiger partial charge is 0.493 e. The zero-order valence-electron chi connectivity index (χ0n) is 10.4. The van der Waals surface area contributed by atoms with Gasteiger partial charge in [0, 0.05) is 5.56 Å². The van der Waals surface area contributed by atoms with Crippen LogP contribution in [0.3, 0.4) is 0 Å². The van der Waals surface area contributed by atoms with Crippen LogP contribution in [0.4, 0.5) is 0 Å². The highest BCUT2D eigenvalue weighted by Gasteiger charge is 2.30. The Kier molecular flexibility index (Phi) is 3.36. The molecule has 1 aliphatic rings. The molecular weight excluding hydrogens is 258 g/mol. The minimum atomic E-state index is -3.29. The van der Waals surface area contributed by atoms with Crippen molar-refractivity contribution in [3.63, 3.8) is 0 Å². The lowest BCUT2D eigenvalue weighted by molar-refractivity contribution is 0.295. The zero-order chi connectivity index (χ0) is 13.3. The molecule has 1 aliphatic heterocycles. The van der Waals surface area contributed by atoms with Crippen molar-refractivity contribution < 1.29 is 22.6 Å². The highest BCUT2D eigenvalue weighted by molar-refractivity contribution is 7.88. The summed E-state index contributed by atoms with van der Waals surface area (Å²) in [6, 6.07) is 3.10. The van der Waals surface area contributed by atoms with E-state index in [9.17, 15) is 8.42 Å². The predicted molar refractivity (Wildman–Crippen MR) is 65.8 cm³/mol. The number of sulfonamides is 1. The van der Waals surface area contributed by atoms with Crippen LogP contribution >= 0.6 is 0 Å². The van der Waals surface area contributed by atoms with Gasteiger partial charge < -0.3 is 14.2 Å². The summed E-state index contributed by atoms with van der Waals surface area (Å²) in [6.07, 6.45) is 1.12. The van der Waals surface area contributed by atoms with Crippen LogP contribution in [-0.2, 0) is 10.0 Å². The molecule has 1 heterocycles. The Morgan fingerprint density at radius 2 is 2.06 bits per heavy atom. The first kappa shape index (κ1) is 13.0. The van der Waals surface area contributed by atoms with Crippen molar-refractivity contribution in [1.82, 2.24) is 4.72 Å². The lowest BCUT2D eigenvalue weighted by Crippen LogP contribution is -2.28. The summed E-state index contributed by atoms with van der Waals surface area (Å²) in [6.45, 7) is 0.242. The Hall–Kier alpha value is -1.47. The van der Waals surface area contributed by atoms with Crippen LogP contribution in [-0.4, -0.2) is 35.5 Å². The molecule has 1 N–H and O–H groups in total. The lowest BCUT2D eigenvalue weighted by atomic mass is 10.1. The molecule has 1 aromatic rings. The third kappa shape index (κ3) is 2.37. The van der Waals surface area contributed by atoms with E-state index in [1.165, 1.54) is 14.2 Å². The fraction of sp³-hybridized carbons (Fsp3) is 0.455. The van der Waals surface area contributed by atoms with Crippen LogP contribution in [0.25, 0.3) is 0 Å². The van der Waals surface area contributed by atoms with Crippen molar-refractivity contribution in [1.29, 1.82) is 0 Å². The van der Waals surface area contributed by atoms with Gasteiger partial charge in [0.1, 0.15) is 6.61 Å².